The molecule has 0 aromatic heterocycles. The highest BCUT2D eigenvalue weighted by Gasteiger charge is 2.36. The van der Waals surface area contributed by atoms with Gasteiger partial charge in [-0.15, -0.1) is 0 Å². The van der Waals surface area contributed by atoms with Gasteiger partial charge in [-0.25, -0.2) is 8.42 Å². The summed E-state index contributed by atoms with van der Waals surface area (Å²) in [7, 11) is -3.51. The third-order valence-electron chi connectivity index (χ3n) is 3.71. The normalized spacial score (nSPS) is 25.4. The lowest BCUT2D eigenvalue weighted by Gasteiger charge is -2.38. The molecule has 1 aromatic carbocycles. The minimum absolute atomic E-state index is 0.127. The zero-order chi connectivity index (χ0) is 14.0. The molecule has 1 aliphatic heterocycles. The van der Waals surface area contributed by atoms with Gasteiger partial charge in [-0.3, -0.25) is 0 Å². The molecule has 0 saturated carbocycles. The minimum atomic E-state index is -3.51. The van der Waals surface area contributed by atoms with E-state index in [1.54, 1.807) is 18.2 Å². The molecule has 2 unspecified atom stereocenters. The molecule has 0 radical (unpaired) electrons. The molecule has 1 fully saturated rings. The van der Waals surface area contributed by atoms with Crippen molar-refractivity contribution >= 4 is 21.6 Å². The highest BCUT2D eigenvalue weighted by atomic mass is 35.5. The van der Waals surface area contributed by atoms with Crippen LogP contribution in [0.5, 0.6) is 0 Å². The van der Waals surface area contributed by atoms with Crippen LogP contribution in [0.4, 0.5) is 0 Å². The van der Waals surface area contributed by atoms with Crippen LogP contribution in [0.3, 0.4) is 0 Å². The summed E-state index contributed by atoms with van der Waals surface area (Å²) in [6.07, 6.45) is 1.89. The zero-order valence-corrected chi connectivity index (χ0v) is 12.5. The van der Waals surface area contributed by atoms with E-state index in [9.17, 15) is 8.42 Å². The number of piperidine rings is 1. The summed E-state index contributed by atoms with van der Waals surface area (Å²) in [4.78, 5) is 0.243. The highest BCUT2D eigenvalue weighted by Crippen LogP contribution is 2.29. The zero-order valence-electron chi connectivity index (χ0n) is 10.9. The second kappa shape index (κ2) is 5.79. The molecule has 2 rings (SSSR count). The number of rotatable bonds is 3. The molecule has 1 heterocycles. The van der Waals surface area contributed by atoms with E-state index in [1.165, 1.54) is 10.4 Å². The Balaban J connectivity index is 2.38. The van der Waals surface area contributed by atoms with Crippen LogP contribution in [-0.4, -0.2) is 31.9 Å². The van der Waals surface area contributed by atoms with Crippen molar-refractivity contribution in [3.8, 4) is 0 Å². The SMILES string of the molecule is CC1CCCN(S(=O)(=O)c2cccc(Cl)c2)C1CN. The predicted molar refractivity (Wildman–Crippen MR) is 76.6 cm³/mol. The van der Waals surface area contributed by atoms with Crippen molar-refractivity contribution in [1.29, 1.82) is 0 Å². The second-order valence-electron chi connectivity index (χ2n) is 5.00. The molecular weight excluding hydrogens is 284 g/mol. The Morgan fingerprint density at radius 2 is 2.21 bits per heavy atom. The first-order valence-corrected chi connectivity index (χ1v) is 8.26. The predicted octanol–water partition coefficient (Wildman–Crippen LogP) is 2.09. The average Bonchev–Trinajstić information content (AvgIpc) is 2.38. The lowest BCUT2D eigenvalue weighted by Crippen LogP contribution is -2.51. The van der Waals surface area contributed by atoms with Gasteiger partial charge in [0.25, 0.3) is 0 Å². The molecular formula is C13H19ClN2O2S. The maximum absolute atomic E-state index is 12.7. The molecule has 0 aliphatic carbocycles. The third-order valence-corrected chi connectivity index (χ3v) is 5.86. The third kappa shape index (κ3) is 2.94. The van der Waals surface area contributed by atoms with Crippen molar-refractivity contribution in [1.82, 2.24) is 4.31 Å². The first-order valence-electron chi connectivity index (χ1n) is 6.44. The summed E-state index contributed by atoms with van der Waals surface area (Å²) in [6, 6.07) is 6.26. The number of halogens is 1. The van der Waals surface area contributed by atoms with Crippen LogP contribution >= 0.6 is 11.6 Å². The van der Waals surface area contributed by atoms with Crippen molar-refractivity contribution < 1.29 is 8.42 Å². The van der Waals surface area contributed by atoms with E-state index < -0.39 is 10.0 Å². The van der Waals surface area contributed by atoms with E-state index in [2.05, 4.69) is 6.92 Å². The Labute approximate surface area is 119 Å². The molecule has 2 N–H and O–H groups in total. The Bertz CT molecular complexity index is 547. The van der Waals surface area contributed by atoms with Gasteiger partial charge in [0.2, 0.25) is 10.0 Å². The quantitative estimate of drug-likeness (QED) is 0.930. The maximum Gasteiger partial charge on any atom is 0.243 e. The highest BCUT2D eigenvalue weighted by molar-refractivity contribution is 7.89. The summed E-state index contributed by atoms with van der Waals surface area (Å²) in [5.41, 5.74) is 5.76. The Kier molecular flexibility index (Phi) is 4.50. The maximum atomic E-state index is 12.7. The van der Waals surface area contributed by atoms with Crippen molar-refractivity contribution in [2.45, 2.75) is 30.7 Å². The molecule has 19 heavy (non-hydrogen) atoms. The molecule has 2 atom stereocenters. The van der Waals surface area contributed by atoms with Gasteiger partial charge in [0.15, 0.2) is 0 Å². The van der Waals surface area contributed by atoms with Gasteiger partial charge in [0, 0.05) is 24.2 Å². The Hall–Kier alpha value is -0.620. The molecule has 0 spiro atoms. The number of nitrogens with two attached hydrogens (primary N) is 1. The van der Waals surface area contributed by atoms with Crippen molar-refractivity contribution in [2.75, 3.05) is 13.1 Å². The average molecular weight is 303 g/mol. The monoisotopic (exact) mass is 302 g/mol. The van der Waals surface area contributed by atoms with Gasteiger partial charge in [-0.05, 0) is 37.0 Å². The lowest BCUT2D eigenvalue weighted by atomic mass is 9.93. The molecule has 0 bridgehead atoms. The van der Waals surface area contributed by atoms with Crippen LogP contribution in [0, 0.1) is 5.92 Å². The number of sulfonamides is 1. The molecule has 1 aliphatic rings. The molecule has 1 aromatic rings. The van der Waals surface area contributed by atoms with Crippen LogP contribution < -0.4 is 5.73 Å². The smallest absolute Gasteiger partial charge is 0.243 e. The summed E-state index contributed by atoms with van der Waals surface area (Å²) >= 11 is 5.88. The minimum Gasteiger partial charge on any atom is -0.329 e. The van der Waals surface area contributed by atoms with Gasteiger partial charge in [0.05, 0.1) is 4.90 Å². The summed E-state index contributed by atoms with van der Waals surface area (Å²) in [5, 5.41) is 0.426. The molecule has 0 amide bonds. The fourth-order valence-corrected chi connectivity index (χ4v) is 4.69. The summed E-state index contributed by atoms with van der Waals surface area (Å²) in [6.45, 7) is 2.93. The van der Waals surface area contributed by atoms with Crippen LogP contribution in [0.2, 0.25) is 5.02 Å². The van der Waals surface area contributed by atoms with Crippen molar-refractivity contribution in [2.24, 2.45) is 11.7 Å². The topological polar surface area (TPSA) is 63.4 Å². The second-order valence-corrected chi connectivity index (χ2v) is 7.32. The number of hydrogen-bond donors (Lipinski definition) is 1. The largest absolute Gasteiger partial charge is 0.329 e. The molecule has 1 saturated heterocycles. The van der Waals surface area contributed by atoms with Gasteiger partial charge in [-0.1, -0.05) is 24.6 Å². The Morgan fingerprint density at radius 1 is 1.47 bits per heavy atom. The fourth-order valence-electron chi connectivity index (χ4n) is 2.62. The number of benzene rings is 1. The Morgan fingerprint density at radius 3 is 2.84 bits per heavy atom. The lowest BCUT2D eigenvalue weighted by molar-refractivity contribution is 0.192. The standard InChI is InChI=1S/C13H19ClN2O2S/c1-10-4-3-7-16(13(10)9-15)19(17,18)12-6-2-5-11(14)8-12/h2,5-6,8,10,13H,3-4,7,9,15H2,1H3. The number of nitrogens with zero attached hydrogens (tertiary/aromatic N) is 1. The van der Waals surface area contributed by atoms with Crippen LogP contribution in [0.1, 0.15) is 19.8 Å². The van der Waals surface area contributed by atoms with Crippen LogP contribution in [0.15, 0.2) is 29.2 Å². The van der Waals surface area contributed by atoms with Gasteiger partial charge in [-0.2, -0.15) is 4.31 Å². The van der Waals surface area contributed by atoms with Gasteiger partial charge >= 0.3 is 0 Å². The van der Waals surface area contributed by atoms with E-state index in [1.807, 2.05) is 0 Å². The van der Waals surface area contributed by atoms with E-state index in [0.717, 1.165) is 12.8 Å². The van der Waals surface area contributed by atoms with E-state index in [0.29, 0.717) is 18.1 Å². The van der Waals surface area contributed by atoms with E-state index in [4.69, 9.17) is 17.3 Å². The van der Waals surface area contributed by atoms with E-state index in [-0.39, 0.29) is 16.9 Å². The van der Waals surface area contributed by atoms with Crippen molar-refractivity contribution in [3.05, 3.63) is 29.3 Å². The molecule has 4 nitrogen and oxygen atoms in total. The van der Waals surface area contributed by atoms with Crippen LogP contribution in [0.25, 0.3) is 0 Å². The number of hydrogen-bond acceptors (Lipinski definition) is 3. The van der Waals surface area contributed by atoms with Gasteiger partial charge < -0.3 is 5.73 Å². The summed E-state index contributed by atoms with van der Waals surface area (Å²) in [5.74, 6) is 0.285. The molecule has 6 heteroatoms. The van der Waals surface area contributed by atoms with Crippen LogP contribution in [-0.2, 0) is 10.0 Å². The first kappa shape index (κ1) is 14.8. The van der Waals surface area contributed by atoms with Crippen molar-refractivity contribution in [3.63, 3.8) is 0 Å². The molecule has 106 valence electrons. The van der Waals surface area contributed by atoms with Gasteiger partial charge in [0.1, 0.15) is 0 Å². The summed E-state index contributed by atoms with van der Waals surface area (Å²) < 4.78 is 26.9. The first-order chi connectivity index (χ1) is 8.96. The van der Waals surface area contributed by atoms with E-state index >= 15 is 0 Å². The fraction of sp³-hybridized carbons (Fsp3) is 0.538.